The molecule has 33 heavy (non-hydrogen) atoms. The Kier molecular flexibility index (Phi) is 5.01. The van der Waals surface area contributed by atoms with E-state index in [0.717, 1.165) is 11.3 Å². The molecule has 5 aromatic rings. The monoisotopic (exact) mass is 441 g/mol. The summed E-state index contributed by atoms with van der Waals surface area (Å²) < 4.78 is 17.8. The number of carbonyl (C=O) groups is 1. The van der Waals surface area contributed by atoms with Crippen LogP contribution in [0.2, 0.25) is 0 Å². The zero-order valence-corrected chi connectivity index (χ0v) is 18.3. The molecular formula is C24H20FN7O. The Hall–Kier alpha value is -4.27. The summed E-state index contributed by atoms with van der Waals surface area (Å²) in [6, 6.07) is 11.0. The van der Waals surface area contributed by atoms with E-state index in [9.17, 15) is 9.18 Å². The summed E-state index contributed by atoms with van der Waals surface area (Å²) >= 11 is 0. The van der Waals surface area contributed by atoms with Crippen LogP contribution in [0.5, 0.6) is 0 Å². The van der Waals surface area contributed by atoms with Crippen LogP contribution in [0.15, 0.2) is 55.0 Å². The number of aryl methyl sites for hydroxylation is 3. The van der Waals surface area contributed by atoms with Crippen LogP contribution in [0.3, 0.4) is 0 Å². The molecule has 4 heterocycles. The Morgan fingerprint density at radius 2 is 1.88 bits per heavy atom. The van der Waals surface area contributed by atoms with Crippen LogP contribution in [0.4, 0.5) is 4.39 Å². The van der Waals surface area contributed by atoms with Gasteiger partial charge in [0.05, 0.1) is 35.0 Å². The standard InChI is InChI=1S/C24H20FN7O/c1-14-11-26-15(2)22(28-14)18-12-27-31(3)23(18)20(33)9-17-10-21-29-24(16-7-5-4-6-8-16)30-32(21)13-19(17)25/h4-8,10-13H,9H2,1-3H3. The van der Waals surface area contributed by atoms with Crippen molar-refractivity contribution in [3.8, 4) is 22.6 Å². The van der Waals surface area contributed by atoms with Crippen LogP contribution >= 0.6 is 0 Å². The van der Waals surface area contributed by atoms with Crippen LogP contribution in [0.1, 0.15) is 27.4 Å². The fourth-order valence-electron chi connectivity index (χ4n) is 3.78. The lowest BCUT2D eigenvalue weighted by atomic mass is 10.0. The highest BCUT2D eigenvalue weighted by Gasteiger charge is 2.23. The van der Waals surface area contributed by atoms with Crippen molar-refractivity contribution < 1.29 is 9.18 Å². The lowest BCUT2D eigenvalue weighted by Crippen LogP contribution is -2.13. The quantitative estimate of drug-likeness (QED) is 0.386. The van der Waals surface area contributed by atoms with E-state index in [1.807, 2.05) is 44.2 Å². The molecule has 0 aliphatic rings. The number of Topliss-reactive ketones (excluding diaryl/α,β-unsaturated/α-hetero) is 1. The Balaban J connectivity index is 1.51. The van der Waals surface area contributed by atoms with Gasteiger partial charge in [-0.25, -0.2) is 18.9 Å². The van der Waals surface area contributed by atoms with Crippen molar-refractivity contribution >= 4 is 11.4 Å². The summed E-state index contributed by atoms with van der Waals surface area (Å²) in [6.45, 7) is 3.66. The summed E-state index contributed by atoms with van der Waals surface area (Å²) in [5, 5.41) is 8.59. The first-order chi connectivity index (χ1) is 15.9. The number of aromatic nitrogens is 7. The number of ketones is 1. The number of halogens is 1. The number of pyridine rings is 1. The van der Waals surface area contributed by atoms with Crippen molar-refractivity contribution in [1.29, 1.82) is 0 Å². The number of fused-ring (bicyclic) bond motifs is 1. The smallest absolute Gasteiger partial charge is 0.186 e. The maximum Gasteiger partial charge on any atom is 0.186 e. The van der Waals surface area contributed by atoms with E-state index in [4.69, 9.17) is 0 Å². The molecule has 0 unspecified atom stereocenters. The van der Waals surface area contributed by atoms with Gasteiger partial charge in [-0.05, 0) is 19.9 Å². The number of hydrogen-bond acceptors (Lipinski definition) is 6. The summed E-state index contributed by atoms with van der Waals surface area (Å²) in [7, 11) is 1.68. The lowest BCUT2D eigenvalue weighted by molar-refractivity contribution is 0.0983. The Morgan fingerprint density at radius 3 is 2.67 bits per heavy atom. The molecule has 0 fully saturated rings. The lowest BCUT2D eigenvalue weighted by Gasteiger charge is -2.08. The molecule has 0 bridgehead atoms. The molecule has 0 aliphatic heterocycles. The molecule has 164 valence electrons. The molecule has 5 rings (SSSR count). The van der Waals surface area contributed by atoms with Crippen LogP contribution in [0, 0.1) is 19.7 Å². The molecule has 0 spiro atoms. The van der Waals surface area contributed by atoms with Gasteiger partial charge >= 0.3 is 0 Å². The van der Waals surface area contributed by atoms with E-state index in [1.165, 1.54) is 15.4 Å². The largest absolute Gasteiger partial charge is 0.292 e. The van der Waals surface area contributed by atoms with Crippen molar-refractivity contribution in [2.45, 2.75) is 20.3 Å². The third kappa shape index (κ3) is 3.78. The van der Waals surface area contributed by atoms with Gasteiger partial charge in [0.2, 0.25) is 0 Å². The maximum absolute atomic E-state index is 14.9. The molecule has 0 aliphatic carbocycles. The minimum atomic E-state index is -0.532. The van der Waals surface area contributed by atoms with Gasteiger partial charge in [-0.1, -0.05) is 30.3 Å². The van der Waals surface area contributed by atoms with Crippen molar-refractivity contribution in [2.75, 3.05) is 0 Å². The van der Waals surface area contributed by atoms with Crippen LogP contribution < -0.4 is 0 Å². The van der Waals surface area contributed by atoms with Gasteiger partial charge in [-0.15, -0.1) is 5.10 Å². The van der Waals surface area contributed by atoms with Crippen LogP contribution in [0.25, 0.3) is 28.3 Å². The third-order valence-electron chi connectivity index (χ3n) is 5.42. The van der Waals surface area contributed by atoms with Crippen molar-refractivity contribution in [3.63, 3.8) is 0 Å². The average molecular weight is 441 g/mol. The summed E-state index contributed by atoms with van der Waals surface area (Å²) in [5.41, 5.74) is 4.46. The molecule has 8 nitrogen and oxygen atoms in total. The van der Waals surface area contributed by atoms with Crippen LogP contribution in [-0.2, 0) is 13.5 Å². The molecule has 0 saturated carbocycles. The number of carbonyl (C=O) groups excluding carboxylic acids is 1. The van der Waals surface area contributed by atoms with Gasteiger partial charge < -0.3 is 0 Å². The normalized spacial score (nSPS) is 11.3. The fraction of sp³-hybridized carbons (Fsp3) is 0.167. The van der Waals surface area contributed by atoms with Crippen molar-refractivity contribution in [1.82, 2.24) is 34.3 Å². The highest BCUT2D eigenvalue weighted by Crippen LogP contribution is 2.26. The highest BCUT2D eigenvalue weighted by atomic mass is 19.1. The Labute approximate surface area is 188 Å². The van der Waals surface area contributed by atoms with Gasteiger partial charge in [0.1, 0.15) is 11.5 Å². The van der Waals surface area contributed by atoms with Crippen molar-refractivity contribution in [2.24, 2.45) is 7.05 Å². The van der Waals surface area contributed by atoms with E-state index in [-0.39, 0.29) is 17.8 Å². The predicted octanol–water partition coefficient (Wildman–Crippen LogP) is 3.77. The van der Waals surface area contributed by atoms with E-state index >= 15 is 0 Å². The summed E-state index contributed by atoms with van der Waals surface area (Å²) in [6.07, 6.45) is 4.36. The van der Waals surface area contributed by atoms with Gasteiger partial charge in [-0.3, -0.25) is 14.5 Å². The molecule has 0 amide bonds. The topological polar surface area (TPSA) is 90.9 Å². The molecule has 1 aromatic carbocycles. The van der Waals surface area contributed by atoms with Crippen molar-refractivity contribution in [3.05, 3.63) is 83.5 Å². The molecule has 0 radical (unpaired) electrons. The van der Waals surface area contributed by atoms with Gasteiger partial charge in [-0.2, -0.15) is 5.10 Å². The molecule has 0 atom stereocenters. The first-order valence-electron chi connectivity index (χ1n) is 10.4. The third-order valence-corrected chi connectivity index (χ3v) is 5.42. The molecular weight excluding hydrogens is 421 g/mol. The van der Waals surface area contributed by atoms with Gasteiger partial charge in [0.15, 0.2) is 17.3 Å². The predicted molar refractivity (Wildman–Crippen MR) is 120 cm³/mol. The summed E-state index contributed by atoms with van der Waals surface area (Å²) in [4.78, 5) is 26.6. The Morgan fingerprint density at radius 1 is 1.09 bits per heavy atom. The number of nitrogens with zero attached hydrogens (tertiary/aromatic N) is 7. The van der Waals surface area contributed by atoms with E-state index < -0.39 is 5.82 Å². The number of rotatable bonds is 5. The molecule has 9 heteroatoms. The maximum atomic E-state index is 14.9. The Bertz CT molecular complexity index is 1500. The second kappa shape index (κ2) is 8.01. The first-order valence-corrected chi connectivity index (χ1v) is 10.4. The van der Waals surface area contributed by atoms with Gasteiger partial charge in [0.25, 0.3) is 0 Å². The minimum absolute atomic E-state index is 0.152. The molecule has 0 saturated heterocycles. The molecule has 4 aromatic heterocycles. The van der Waals surface area contributed by atoms with E-state index in [1.54, 1.807) is 25.5 Å². The van der Waals surface area contributed by atoms with E-state index in [0.29, 0.717) is 34.1 Å². The zero-order valence-electron chi connectivity index (χ0n) is 18.3. The van der Waals surface area contributed by atoms with Crippen LogP contribution in [-0.4, -0.2) is 40.1 Å². The summed E-state index contributed by atoms with van der Waals surface area (Å²) in [5.74, 6) is -0.324. The number of hydrogen-bond donors (Lipinski definition) is 0. The second-order valence-corrected chi connectivity index (χ2v) is 7.83. The first kappa shape index (κ1) is 20.6. The average Bonchev–Trinajstić information content (AvgIpc) is 3.39. The van der Waals surface area contributed by atoms with Gasteiger partial charge in [0, 0.05) is 30.8 Å². The second-order valence-electron chi connectivity index (χ2n) is 7.83. The minimum Gasteiger partial charge on any atom is -0.292 e. The zero-order chi connectivity index (χ0) is 23.1. The molecule has 0 N–H and O–H groups in total. The number of benzene rings is 1. The fourth-order valence-corrected chi connectivity index (χ4v) is 3.78. The SMILES string of the molecule is Cc1cnc(C)c(-c2cnn(C)c2C(=O)Cc2cc3nc(-c4ccccc4)nn3cc2F)n1. The van der Waals surface area contributed by atoms with E-state index in [2.05, 4.69) is 25.1 Å². The highest BCUT2D eigenvalue weighted by molar-refractivity contribution is 6.01.